The topological polar surface area (TPSA) is 63.6 Å². The van der Waals surface area contributed by atoms with Crippen LogP contribution in [0.5, 0.6) is 5.75 Å². The first-order chi connectivity index (χ1) is 13.1. The molecule has 1 aromatic carbocycles. The number of carbonyl (C=O) groups excluding carboxylic acids is 1. The first-order valence-corrected chi connectivity index (χ1v) is 10.7. The molecule has 0 unspecified atom stereocenters. The van der Waals surface area contributed by atoms with Crippen molar-refractivity contribution in [3.8, 4) is 5.75 Å². The van der Waals surface area contributed by atoms with Gasteiger partial charge in [-0.25, -0.2) is 4.79 Å². The van der Waals surface area contributed by atoms with Crippen LogP contribution in [-0.2, 0) is 4.74 Å². The van der Waals surface area contributed by atoms with Crippen LogP contribution in [0.15, 0.2) is 29.1 Å². The molecule has 0 saturated carbocycles. The smallest absolute Gasteiger partial charge is 0.338 e. The molecule has 0 atom stereocenters. The van der Waals surface area contributed by atoms with Crippen molar-refractivity contribution in [1.82, 2.24) is 0 Å². The van der Waals surface area contributed by atoms with Crippen LogP contribution in [0.1, 0.15) is 101 Å². The summed E-state index contributed by atoms with van der Waals surface area (Å²) in [5, 5.41) is 9.33. The predicted molar refractivity (Wildman–Crippen MR) is 110 cm³/mol. The second-order valence-electron chi connectivity index (χ2n) is 7.25. The number of carbonyl (C=O) groups is 1. The number of aromatic hydroxyl groups is 1. The summed E-state index contributed by atoms with van der Waals surface area (Å²) in [6, 6.07) is 5.19. The van der Waals surface area contributed by atoms with E-state index >= 15 is 0 Å². The zero-order valence-corrected chi connectivity index (χ0v) is 16.9. The second-order valence-corrected chi connectivity index (χ2v) is 7.25. The molecule has 0 saturated heterocycles. The Kier molecular flexibility index (Phi) is 13.1. The van der Waals surface area contributed by atoms with Crippen molar-refractivity contribution < 1.29 is 14.6 Å². The van der Waals surface area contributed by atoms with Crippen LogP contribution in [0.2, 0.25) is 0 Å². The fourth-order valence-electron chi connectivity index (χ4n) is 3.06. The van der Waals surface area contributed by atoms with Crippen LogP contribution in [0.3, 0.4) is 0 Å². The number of unbranched alkanes of at least 4 members (excludes halogenated alkanes) is 12. The highest BCUT2D eigenvalue weighted by Gasteiger charge is 2.06. The summed E-state index contributed by atoms with van der Waals surface area (Å²) in [5.41, 5.74) is -0.229. The van der Waals surface area contributed by atoms with Gasteiger partial charge in [0.15, 0.2) is 5.75 Å². The van der Waals surface area contributed by atoms with Gasteiger partial charge in [-0.15, -0.1) is 0 Å². The normalized spacial score (nSPS) is 10.7. The van der Waals surface area contributed by atoms with Crippen LogP contribution in [0.25, 0.3) is 0 Å². The van der Waals surface area contributed by atoms with Gasteiger partial charge in [0, 0.05) is 0 Å². The molecule has 1 aromatic rings. The Morgan fingerprint density at radius 1 is 0.778 bits per heavy atom. The lowest BCUT2D eigenvalue weighted by molar-refractivity contribution is 0.0498. The molecule has 0 bridgehead atoms. The van der Waals surface area contributed by atoms with Gasteiger partial charge >= 0.3 is 5.97 Å². The third-order valence-corrected chi connectivity index (χ3v) is 4.80. The third kappa shape index (κ3) is 11.5. The van der Waals surface area contributed by atoms with Crippen LogP contribution in [0.4, 0.5) is 0 Å². The molecule has 1 rings (SSSR count). The van der Waals surface area contributed by atoms with Crippen LogP contribution >= 0.6 is 0 Å². The summed E-state index contributed by atoms with van der Waals surface area (Å²) in [6.07, 6.45) is 16.6. The molecular weight excluding hydrogens is 340 g/mol. The molecule has 4 heteroatoms. The van der Waals surface area contributed by atoms with Gasteiger partial charge in [0.1, 0.15) is 0 Å². The Morgan fingerprint density at radius 3 is 1.81 bits per heavy atom. The minimum Gasteiger partial charge on any atom is -0.504 e. The summed E-state index contributed by atoms with van der Waals surface area (Å²) in [6.45, 7) is 2.65. The SMILES string of the molecule is CCCCCCCCCCCCCCCOC(=O)c1ccc(O)c(=O)cc1. The molecular formula is C23H36O4. The Bertz CT molecular complexity index is 583. The fourth-order valence-corrected chi connectivity index (χ4v) is 3.06. The maximum absolute atomic E-state index is 11.9. The highest BCUT2D eigenvalue weighted by atomic mass is 16.5. The number of rotatable bonds is 15. The van der Waals surface area contributed by atoms with Gasteiger partial charge in [-0.05, 0) is 30.7 Å². The summed E-state index contributed by atoms with van der Waals surface area (Å²) >= 11 is 0. The van der Waals surface area contributed by atoms with E-state index in [0.717, 1.165) is 12.8 Å². The summed E-state index contributed by atoms with van der Waals surface area (Å²) in [7, 11) is 0. The van der Waals surface area contributed by atoms with Gasteiger partial charge in [0.2, 0.25) is 5.43 Å². The molecule has 0 aliphatic heterocycles. The molecule has 0 fully saturated rings. The molecule has 0 amide bonds. The maximum Gasteiger partial charge on any atom is 0.338 e. The lowest BCUT2D eigenvalue weighted by atomic mass is 10.0. The third-order valence-electron chi connectivity index (χ3n) is 4.80. The van der Waals surface area contributed by atoms with Gasteiger partial charge in [0.25, 0.3) is 0 Å². The largest absolute Gasteiger partial charge is 0.504 e. The Balaban J connectivity index is 1.96. The molecule has 0 aliphatic carbocycles. The lowest BCUT2D eigenvalue weighted by Gasteiger charge is -2.05. The fraction of sp³-hybridized carbons (Fsp3) is 0.652. The average molecular weight is 377 g/mol. The Morgan fingerprint density at radius 2 is 1.26 bits per heavy atom. The van der Waals surface area contributed by atoms with E-state index in [-0.39, 0.29) is 11.3 Å². The average Bonchev–Trinajstić information content (AvgIpc) is 2.83. The van der Waals surface area contributed by atoms with Gasteiger partial charge in [0.05, 0.1) is 12.2 Å². The first kappa shape index (κ1) is 23.2. The second kappa shape index (κ2) is 15.2. The molecule has 0 spiro atoms. The van der Waals surface area contributed by atoms with Crippen molar-refractivity contribution in [2.75, 3.05) is 6.61 Å². The van der Waals surface area contributed by atoms with E-state index in [4.69, 9.17) is 4.74 Å². The maximum atomic E-state index is 11.9. The zero-order valence-electron chi connectivity index (χ0n) is 16.9. The minimum absolute atomic E-state index is 0.280. The van der Waals surface area contributed by atoms with E-state index < -0.39 is 11.4 Å². The van der Waals surface area contributed by atoms with Crippen molar-refractivity contribution >= 4 is 5.97 Å². The number of hydrogen-bond acceptors (Lipinski definition) is 4. The molecule has 4 nitrogen and oxygen atoms in total. The molecule has 27 heavy (non-hydrogen) atoms. The van der Waals surface area contributed by atoms with Crippen molar-refractivity contribution in [2.45, 2.75) is 90.4 Å². The quantitative estimate of drug-likeness (QED) is 0.301. The van der Waals surface area contributed by atoms with Gasteiger partial charge in [-0.3, -0.25) is 4.79 Å². The Labute approximate surface area is 164 Å². The van der Waals surface area contributed by atoms with Crippen molar-refractivity contribution in [3.05, 3.63) is 40.1 Å². The number of esters is 1. The van der Waals surface area contributed by atoms with Crippen molar-refractivity contribution in [2.24, 2.45) is 0 Å². The van der Waals surface area contributed by atoms with Crippen LogP contribution in [-0.4, -0.2) is 17.7 Å². The summed E-state index contributed by atoms with van der Waals surface area (Å²) < 4.78 is 5.23. The summed E-state index contributed by atoms with van der Waals surface area (Å²) in [4.78, 5) is 23.2. The molecule has 0 aliphatic rings. The first-order valence-electron chi connectivity index (χ1n) is 10.7. The van der Waals surface area contributed by atoms with E-state index in [2.05, 4.69) is 6.92 Å². The van der Waals surface area contributed by atoms with Crippen molar-refractivity contribution in [1.29, 1.82) is 0 Å². The molecule has 0 aromatic heterocycles. The van der Waals surface area contributed by atoms with E-state index in [1.807, 2.05) is 0 Å². The molecule has 152 valence electrons. The molecule has 0 heterocycles. The van der Waals surface area contributed by atoms with Crippen molar-refractivity contribution in [3.63, 3.8) is 0 Å². The van der Waals surface area contributed by atoms with E-state index in [0.29, 0.717) is 6.61 Å². The monoisotopic (exact) mass is 376 g/mol. The number of hydrogen-bond donors (Lipinski definition) is 1. The molecule has 0 radical (unpaired) electrons. The highest BCUT2D eigenvalue weighted by Crippen LogP contribution is 2.12. The van der Waals surface area contributed by atoms with Gasteiger partial charge in [-0.2, -0.15) is 0 Å². The minimum atomic E-state index is -0.509. The number of ether oxygens (including phenoxy) is 1. The van der Waals surface area contributed by atoms with Crippen LogP contribution < -0.4 is 5.43 Å². The summed E-state index contributed by atoms with van der Waals surface area (Å²) in [5.74, 6) is -0.825. The lowest BCUT2D eigenvalue weighted by Crippen LogP contribution is -2.05. The van der Waals surface area contributed by atoms with Gasteiger partial charge < -0.3 is 9.84 Å². The van der Waals surface area contributed by atoms with E-state index in [1.165, 1.54) is 94.9 Å². The van der Waals surface area contributed by atoms with E-state index in [9.17, 15) is 14.7 Å². The highest BCUT2D eigenvalue weighted by molar-refractivity contribution is 5.89. The zero-order chi connectivity index (χ0) is 19.7. The Hall–Kier alpha value is -1.84. The standard InChI is InChI=1S/C23H36O4/c1-2-3-4-5-6-7-8-9-10-11-12-13-14-19-27-23(26)20-15-17-21(24)22(25)18-16-20/h15-18H,2-14,19H2,1H3,(H,24,25). The predicted octanol–water partition coefficient (Wildman–Crippen LogP) is 6.00. The molecule has 1 N–H and O–H groups in total. The van der Waals surface area contributed by atoms with E-state index in [1.54, 1.807) is 0 Å². The van der Waals surface area contributed by atoms with Gasteiger partial charge in [-0.1, -0.05) is 84.0 Å². The van der Waals surface area contributed by atoms with Crippen LogP contribution in [0, 0.1) is 0 Å².